The molecule has 0 aliphatic carbocycles. The maximum atomic E-state index is 12.0. The van der Waals surface area contributed by atoms with Gasteiger partial charge in [-0.2, -0.15) is 0 Å². The van der Waals surface area contributed by atoms with Crippen molar-refractivity contribution in [2.75, 3.05) is 29.0 Å². The molecule has 1 aromatic carbocycles. The number of benzene rings is 1. The van der Waals surface area contributed by atoms with E-state index < -0.39 is 10.0 Å². The molecule has 9 heteroatoms. The number of carbonyl (C=O) groups is 2. The van der Waals surface area contributed by atoms with Crippen LogP contribution >= 0.6 is 11.3 Å². The second-order valence-electron chi connectivity index (χ2n) is 5.30. The first kappa shape index (κ1) is 18.9. The third-order valence-electron chi connectivity index (χ3n) is 3.22. The van der Waals surface area contributed by atoms with Gasteiger partial charge in [-0.25, -0.2) is 8.42 Å². The van der Waals surface area contributed by atoms with Crippen LogP contribution in [0, 0.1) is 0 Å². The molecule has 0 unspecified atom stereocenters. The molecule has 134 valence electrons. The van der Waals surface area contributed by atoms with E-state index in [0.29, 0.717) is 16.3 Å². The highest BCUT2D eigenvalue weighted by atomic mass is 32.2. The molecular weight excluding hydrogens is 362 g/mol. The Balaban J connectivity index is 2.04. The number of carbonyl (C=O) groups excluding carboxylic acids is 2. The lowest BCUT2D eigenvalue weighted by Gasteiger charge is -2.22. The molecule has 0 bridgehead atoms. The fraction of sp³-hybridized carbons (Fsp3) is 0.250. The average Bonchev–Trinajstić information content (AvgIpc) is 3.05. The van der Waals surface area contributed by atoms with Crippen molar-refractivity contribution in [3.05, 3.63) is 46.7 Å². The topological polar surface area (TPSA) is 95.6 Å². The van der Waals surface area contributed by atoms with Crippen molar-refractivity contribution in [3.63, 3.8) is 0 Å². The number of amides is 2. The number of anilines is 2. The number of sulfonamides is 1. The number of nitrogens with zero attached hydrogens (tertiary/aromatic N) is 1. The Morgan fingerprint density at radius 1 is 1.16 bits per heavy atom. The monoisotopic (exact) mass is 381 g/mol. The number of hydrogen-bond donors (Lipinski definition) is 2. The summed E-state index contributed by atoms with van der Waals surface area (Å²) in [4.78, 5) is 23.5. The largest absolute Gasteiger partial charge is 0.350 e. The van der Waals surface area contributed by atoms with Crippen molar-refractivity contribution < 1.29 is 18.0 Å². The van der Waals surface area contributed by atoms with E-state index in [-0.39, 0.29) is 24.9 Å². The van der Waals surface area contributed by atoms with Crippen LogP contribution < -0.4 is 14.9 Å². The lowest BCUT2D eigenvalue weighted by molar-refractivity contribution is -0.114. The molecule has 2 amide bonds. The van der Waals surface area contributed by atoms with Crippen LogP contribution in [0.3, 0.4) is 0 Å². The van der Waals surface area contributed by atoms with Gasteiger partial charge < -0.3 is 10.6 Å². The maximum absolute atomic E-state index is 12.0. The summed E-state index contributed by atoms with van der Waals surface area (Å²) in [5.41, 5.74) is 1.04. The standard InChI is InChI=1S/C16H19N3O4S2/c1-12(20)18-13-5-7-14(8-6-13)19(25(2,22)23)10-9-17-16(21)15-4-3-11-24-15/h3-8,11H,9-10H2,1-2H3,(H,17,21)(H,18,20). The maximum Gasteiger partial charge on any atom is 0.261 e. The second-order valence-corrected chi connectivity index (χ2v) is 8.15. The van der Waals surface area contributed by atoms with Crippen LogP contribution in [-0.4, -0.2) is 39.6 Å². The molecule has 25 heavy (non-hydrogen) atoms. The quantitative estimate of drug-likeness (QED) is 0.766. The molecule has 1 heterocycles. The fourth-order valence-corrected chi connectivity index (χ4v) is 3.73. The van der Waals surface area contributed by atoms with Crippen LogP contribution in [0.15, 0.2) is 41.8 Å². The SMILES string of the molecule is CC(=O)Nc1ccc(N(CCNC(=O)c2cccs2)S(C)(=O)=O)cc1. The lowest BCUT2D eigenvalue weighted by Crippen LogP contribution is -2.38. The molecule has 0 aliphatic rings. The van der Waals surface area contributed by atoms with E-state index in [1.54, 1.807) is 41.8 Å². The Bertz CT molecular complexity index is 831. The van der Waals surface area contributed by atoms with Crippen LogP contribution in [0.1, 0.15) is 16.6 Å². The van der Waals surface area contributed by atoms with Gasteiger partial charge in [-0.3, -0.25) is 13.9 Å². The summed E-state index contributed by atoms with van der Waals surface area (Å²) < 4.78 is 25.3. The molecule has 2 rings (SSSR count). The van der Waals surface area contributed by atoms with E-state index in [2.05, 4.69) is 10.6 Å². The van der Waals surface area contributed by atoms with Gasteiger partial charge in [0.05, 0.1) is 23.4 Å². The average molecular weight is 381 g/mol. The third kappa shape index (κ3) is 5.57. The molecule has 0 fully saturated rings. The predicted molar refractivity (Wildman–Crippen MR) is 99.6 cm³/mol. The molecule has 0 saturated carbocycles. The third-order valence-corrected chi connectivity index (χ3v) is 5.28. The molecular formula is C16H19N3O4S2. The van der Waals surface area contributed by atoms with Gasteiger partial charge in [0, 0.05) is 19.2 Å². The van der Waals surface area contributed by atoms with E-state index >= 15 is 0 Å². The summed E-state index contributed by atoms with van der Waals surface area (Å²) in [7, 11) is -3.51. The minimum atomic E-state index is -3.51. The van der Waals surface area contributed by atoms with Crippen LogP contribution in [0.4, 0.5) is 11.4 Å². The minimum absolute atomic E-state index is 0.107. The summed E-state index contributed by atoms with van der Waals surface area (Å²) in [6, 6.07) is 9.94. The van der Waals surface area contributed by atoms with Gasteiger partial charge >= 0.3 is 0 Å². The second kappa shape index (κ2) is 8.13. The van der Waals surface area contributed by atoms with Crippen molar-refractivity contribution in [1.82, 2.24) is 5.32 Å². The molecule has 0 atom stereocenters. The van der Waals surface area contributed by atoms with Crippen molar-refractivity contribution in [1.29, 1.82) is 0 Å². The first-order valence-electron chi connectivity index (χ1n) is 7.44. The van der Waals surface area contributed by atoms with Gasteiger partial charge in [0.1, 0.15) is 0 Å². The van der Waals surface area contributed by atoms with E-state index in [0.717, 1.165) is 6.26 Å². The van der Waals surface area contributed by atoms with E-state index in [1.165, 1.54) is 22.6 Å². The van der Waals surface area contributed by atoms with E-state index in [4.69, 9.17) is 0 Å². The summed E-state index contributed by atoms with van der Waals surface area (Å²) in [6.45, 7) is 1.68. The van der Waals surface area contributed by atoms with Gasteiger partial charge in [0.15, 0.2) is 0 Å². The number of nitrogens with one attached hydrogen (secondary N) is 2. The highest BCUT2D eigenvalue weighted by molar-refractivity contribution is 7.92. The van der Waals surface area contributed by atoms with E-state index in [9.17, 15) is 18.0 Å². The molecule has 2 aromatic rings. The Morgan fingerprint density at radius 3 is 2.36 bits per heavy atom. The van der Waals surface area contributed by atoms with Crippen LogP contribution in [0.25, 0.3) is 0 Å². The molecule has 0 saturated heterocycles. The Morgan fingerprint density at radius 2 is 1.84 bits per heavy atom. The minimum Gasteiger partial charge on any atom is -0.350 e. The highest BCUT2D eigenvalue weighted by Crippen LogP contribution is 2.20. The van der Waals surface area contributed by atoms with Gasteiger partial charge in [0.25, 0.3) is 5.91 Å². The first-order valence-corrected chi connectivity index (χ1v) is 10.2. The first-order chi connectivity index (χ1) is 11.8. The summed E-state index contributed by atoms with van der Waals surface area (Å²) in [5, 5.41) is 7.12. The van der Waals surface area contributed by atoms with Crippen LogP contribution in [-0.2, 0) is 14.8 Å². The van der Waals surface area contributed by atoms with Crippen molar-refractivity contribution in [2.24, 2.45) is 0 Å². The zero-order chi connectivity index (χ0) is 18.4. The number of rotatable bonds is 7. The van der Waals surface area contributed by atoms with Crippen LogP contribution in [0.2, 0.25) is 0 Å². The summed E-state index contributed by atoms with van der Waals surface area (Å²) in [6.07, 6.45) is 1.11. The van der Waals surface area contributed by atoms with Gasteiger partial charge in [-0.05, 0) is 35.7 Å². The van der Waals surface area contributed by atoms with Gasteiger partial charge in [-0.1, -0.05) is 6.07 Å². The zero-order valence-electron chi connectivity index (χ0n) is 13.9. The highest BCUT2D eigenvalue weighted by Gasteiger charge is 2.17. The van der Waals surface area contributed by atoms with Crippen molar-refractivity contribution in [3.8, 4) is 0 Å². The number of hydrogen-bond acceptors (Lipinski definition) is 5. The van der Waals surface area contributed by atoms with Crippen LogP contribution in [0.5, 0.6) is 0 Å². The predicted octanol–water partition coefficient (Wildman–Crippen LogP) is 1.90. The molecule has 2 N–H and O–H groups in total. The molecule has 0 radical (unpaired) electrons. The zero-order valence-corrected chi connectivity index (χ0v) is 15.5. The molecule has 1 aromatic heterocycles. The van der Waals surface area contributed by atoms with Gasteiger partial charge in [0.2, 0.25) is 15.9 Å². The van der Waals surface area contributed by atoms with E-state index in [1.807, 2.05) is 0 Å². The van der Waals surface area contributed by atoms with Crippen molar-refractivity contribution in [2.45, 2.75) is 6.92 Å². The summed E-state index contributed by atoms with van der Waals surface area (Å²) in [5.74, 6) is -0.437. The number of thiophene rings is 1. The smallest absolute Gasteiger partial charge is 0.261 e. The molecule has 0 aliphatic heterocycles. The Hall–Kier alpha value is -2.39. The Kier molecular flexibility index (Phi) is 6.16. The normalized spacial score (nSPS) is 11.0. The van der Waals surface area contributed by atoms with Gasteiger partial charge in [-0.15, -0.1) is 11.3 Å². The lowest BCUT2D eigenvalue weighted by atomic mass is 10.2. The molecule has 0 spiro atoms. The fourth-order valence-electron chi connectivity index (χ4n) is 2.17. The Labute approximate surface area is 150 Å². The molecule has 7 nitrogen and oxygen atoms in total. The summed E-state index contributed by atoms with van der Waals surface area (Å²) >= 11 is 1.32. The van der Waals surface area contributed by atoms with Crippen molar-refractivity contribution >= 4 is 44.5 Å².